The molecule has 0 aliphatic carbocycles. The Kier molecular flexibility index (Phi) is 4.23. The number of hydrogen-bond donors (Lipinski definition) is 1. The molecular formula is C15H18N2O2. The molecular weight excluding hydrogens is 240 g/mol. The standard InChI is InChI=1S/C15H18N2O2/c1-11-4-5-12(16-9-11)10-17-14-7-6-13(18-2)8-15(14)19-3/h4-9,17H,10H2,1-3H3. The van der Waals surface area contributed by atoms with E-state index in [0.717, 1.165) is 28.4 Å². The van der Waals surface area contributed by atoms with Gasteiger partial charge in [0.1, 0.15) is 11.5 Å². The summed E-state index contributed by atoms with van der Waals surface area (Å²) in [7, 11) is 3.28. The van der Waals surface area contributed by atoms with Crippen molar-refractivity contribution in [3.05, 3.63) is 47.8 Å². The fraction of sp³-hybridized carbons (Fsp3) is 0.267. The lowest BCUT2D eigenvalue weighted by molar-refractivity contribution is 0.395. The van der Waals surface area contributed by atoms with Crippen LogP contribution in [0.5, 0.6) is 11.5 Å². The summed E-state index contributed by atoms with van der Waals surface area (Å²) >= 11 is 0. The van der Waals surface area contributed by atoms with E-state index in [0.29, 0.717) is 6.54 Å². The van der Waals surface area contributed by atoms with Gasteiger partial charge in [-0.25, -0.2) is 0 Å². The van der Waals surface area contributed by atoms with Crippen LogP contribution in [0, 0.1) is 6.92 Å². The Labute approximate surface area is 113 Å². The largest absolute Gasteiger partial charge is 0.497 e. The van der Waals surface area contributed by atoms with Crippen LogP contribution in [0.3, 0.4) is 0 Å². The predicted molar refractivity (Wildman–Crippen MR) is 75.8 cm³/mol. The van der Waals surface area contributed by atoms with Crippen molar-refractivity contribution in [2.45, 2.75) is 13.5 Å². The number of ether oxygens (including phenoxy) is 2. The highest BCUT2D eigenvalue weighted by molar-refractivity contribution is 5.59. The zero-order valence-electron chi connectivity index (χ0n) is 11.4. The fourth-order valence-electron chi connectivity index (χ4n) is 1.73. The summed E-state index contributed by atoms with van der Waals surface area (Å²) < 4.78 is 10.5. The summed E-state index contributed by atoms with van der Waals surface area (Å²) in [6.45, 7) is 2.68. The van der Waals surface area contributed by atoms with E-state index in [1.165, 1.54) is 0 Å². The number of aromatic nitrogens is 1. The van der Waals surface area contributed by atoms with E-state index < -0.39 is 0 Å². The van der Waals surface area contributed by atoms with Gasteiger partial charge in [-0.2, -0.15) is 0 Å². The van der Waals surface area contributed by atoms with Crippen molar-refractivity contribution in [2.75, 3.05) is 19.5 Å². The number of benzene rings is 1. The maximum Gasteiger partial charge on any atom is 0.145 e. The lowest BCUT2D eigenvalue weighted by Gasteiger charge is -2.12. The molecule has 100 valence electrons. The molecule has 0 saturated carbocycles. The van der Waals surface area contributed by atoms with Gasteiger partial charge in [0.15, 0.2) is 0 Å². The Morgan fingerprint density at radius 3 is 2.58 bits per heavy atom. The molecule has 1 aromatic carbocycles. The monoisotopic (exact) mass is 258 g/mol. The second-order valence-electron chi connectivity index (χ2n) is 4.25. The Bertz CT molecular complexity index is 538. The van der Waals surface area contributed by atoms with Gasteiger partial charge in [0, 0.05) is 12.3 Å². The third kappa shape index (κ3) is 3.37. The van der Waals surface area contributed by atoms with Gasteiger partial charge in [0.25, 0.3) is 0 Å². The molecule has 2 aromatic rings. The van der Waals surface area contributed by atoms with Gasteiger partial charge in [0.2, 0.25) is 0 Å². The van der Waals surface area contributed by atoms with Crippen molar-refractivity contribution in [2.24, 2.45) is 0 Å². The van der Waals surface area contributed by atoms with E-state index >= 15 is 0 Å². The SMILES string of the molecule is COc1ccc(NCc2ccc(C)cn2)c(OC)c1. The van der Waals surface area contributed by atoms with Crippen LogP contribution < -0.4 is 14.8 Å². The third-order valence-electron chi connectivity index (χ3n) is 2.84. The van der Waals surface area contributed by atoms with Crippen LogP contribution in [0.1, 0.15) is 11.3 Å². The molecule has 4 heteroatoms. The Balaban J connectivity index is 2.08. The second-order valence-corrected chi connectivity index (χ2v) is 4.25. The highest BCUT2D eigenvalue weighted by Gasteiger charge is 2.04. The molecule has 0 bridgehead atoms. The van der Waals surface area contributed by atoms with E-state index in [1.54, 1.807) is 14.2 Å². The Morgan fingerprint density at radius 1 is 1.11 bits per heavy atom. The van der Waals surface area contributed by atoms with E-state index in [2.05, 4.69) is 16.4 Å². The molecule has 1 N–H and O–H groups in total. The number of aryl methyl sites for hydroxylation is 1. The second kappa shape index (κ2) is 6.09. The first-order valence-corrected chi connectivity index (χ1v) is 6.10. The first-order chi connectivity index (χ1) is 9.22. The van der Waals surface area contributed by atoms with Crippen molar-refractivity contribution >= 4 is 5.69 Å². The number of methoxy groups -OCH3 is 2. The summed E-state index contributed by atoms with van der Waals surface area (Å²) in [5.74, 6) is 1.53. The molecule has 0 amide bonds. The number of rotatable bonds is 5. The topological polar surface area (TPSA) is 43.4 Å². The molecule has 0 atom stereocenters. The molecule has 1 heterocycles. The van der Waals surface area contributed by atoms with Crippen LogP contribution in [-0.2, 0) is 6.54 Å². The molecule has 2 rings (SSSR count). The molecule has 0 aliphatic heterocycles. The summed E-state index contributed by atoms with van der Waals surface area (Å²) in [6, 6.07) is 9.75. The molecule has 0 unspecified atom stereocenters. The summed E-state index contributed by atoms with van der Waals surface area (Å²) in [4.78, 5) is 4.35. The van der Waals surface area contributed by atoms with Crippen molar-refractivity contribution in [3.63, 3.8) is 0 Å². The first kappa shape index (κ1) is 13.2. The van der Waals surface area contributed by atoms with E-state index in [-0.39, 0.29) is 0 Å². The Hall–Kier alpha value is -2.23. The number of anilines is 1. The first-order valence-electron chi connectivity index (χ1n) is 6.10. The van der Waals surface area contributed by atoms with Crippen molar-refractivity contribution < 1.29 is 9.47 Å². The third-order valence-corrected chi connectivity index (χ3v) is 2.84. The normalized spacial score (nSPS) is 10.1. The van der Waals surface area contributed by atoms with Crippen LogP contribution in [-0.4, -0.2) is 19.2 Å². The van der Waals surface area contributed by atoms with Crippen molar-refractivity contribution in [1.29, 1.82) is 0 Å². The highest BCUT2D eigenvalue weighted by atomic mass is 16.5. The number of pyridine rings is 1. The van der Waals surface area contributed by atoms with Crippen LogP contribution in [0.15, 0.2) is 36.5 Å². The maximum absolute atomic E-state index is 5.33. The van der Waals surface area contributed by atoms with Crippen LogP contribution in [0.4, 0.5) is 5.69 Å². The molecule has 0 fully saturated rings. The van der Waals surface area contributed by atoms with E-state index in [9.17, 15) is 0 Å². The number of nitrogens with zero attached hydrogens (tertiary/aromatic N) is 1. The van der Waals surface area contributed by atoms with Gasteiger partial charge in [-0.1, -0.05) is 6.07 Å². The zero-order chi connectivity index (χ0) is 13.7. The molecule has 4 nitrogen and oxygen atoms in total. The average Bonchev–Trinajstić information content (AvgIpc) is 2.46. The molecule has 0 saturated heterocycles. The molecule has 0 radical (unpaired) electrons. The van der Waals surface area contributed by atoms with Gasteiger partial charge in [0.05, 0.1) is 32.1 Å². The minimum atomic E-state index is 0.656. The molecule has 0 aliphatic rings. The van der Waals surface area contributed by atoms with Crippen LogP contribution in [0.2, 0.25) is 0 Å². The summed E-state index contributed by atoms with van der Waals surface area (Å²) in [6.07, 6.45) is 1.86. The minimum absolute atomic E-state index is 0.656. The van der Waals surface area contributed by atoms with E-state index in [1.807, 2.05) is 37.4 Å². The number of hydrogen-bond acceptors (Lipinski definition) is 4. The van der Waals surface area contributed by atoms with Gasteiger partial charge in [-0.15, -0.1) is 0 Å². The highest BCUT2D eigenvalue weighted by Crippen LogP contribution is 2.29. The average molecular weight is 258 g/mol. The number of nitrogens with one attached hydrogen (secondary N) is 1. The van der Waals surface area contributed by atoms with Crippen molar-refractivity contribution in [3.8, 4) is 11.5 Å². The minimum Gasteiger partial charge on any atom is -0.497 e. The van der Waals surface area contributed by atoms with Gasteiger partial charge >= 0.3 is 0 Å². The van der Waals surface area contributed by atoms with Crippen LogP contribution >= 0.6 is 0 Å². The predicted octanol–water partition coefficient (Wildman–Crippen LogP) is 3.02. The smallest absolute Gasteiger partial charge is 0.145 e. The van der Waals surface area contributed by atoms with Crippen LogP contribution in [0.25, 0.3) is 0 Å². The lowest BCUT2D eigenvalue weighted by atomic mass is 10.2. The van der Waals surface area contributed by atoms with Crippen molar-refractivity contribution in [1.82, 2.24) is 4.98 Å². The fourth-order valence-corrected chi connectivity index (χ4v) is 1.73. The Morgan fingerprint density at radius 2 is 1.95 bits per heavy atom. The molecule has 0 spiro atoms. The maximum atomic E-state index is 5.33. The molecule has 1 aromatic heterocycles. The quantitative estimate of drug-likeness (QED) is 0.895. The van der Waals surface area contributed by atoms with Gasteiger partial charge in [-0.05, 0) is 30.7 Å². The van der Waals surface area contributed by atoms with Gasteiger partial charge in [-0.3, -0.25) is 4.98 Å². The summed E-state index contributed by atoms with van der Waals surface area (Å²) in [5, 5.41) is 3.31. The van der Waals surface area contributed by atoms with E-state index in [4.69, 9.17) is 9.47 Å². The molecule has 19 heavy (non-hydrogen) atoms. The lowest BCUT2D eigenvalue weighted by Crippen LogP contribution is -2.03. The zero-order valence-corrected chi connectivity index (χ0v) is 11.4. The summed E-state index contributed by atoms with van der Waals surface area (Å²) in [5.41, 5.74) is 3.07. The van der Waals surface area contributed by atoms with Gasteiger partial charge < -0.3 is 14.8 Å².